The van der Waals surface area contributed by atoms with Crippen molar-refractivity contribution in [2.45, 2.75) is 0 Å². The Morgan fingerprint density at radius 2 is 1.81 bits per heavy atom. The Bertz CT molecular complexity index is 1060. The highest BCUT2D eigenvalue weighted by molar-refractivity contribution is 5.94. The van der Waals surface area contributed by atoms with Crippen LogP contribution in [0.4, 0.5) is 5.82 Å². The van der Waals surface area contributed by atoms with E-state index < -0.39 is 0 Å². The predicted molar refractivity (Wildman–Crippen MR) is 104 cm³/mol. The van der Waals surface area contributed by atoms with Gasteiger partial charge in [-0.3, -0.25) is 4.79 Å². The lowest BCUT2D eigenvalue weighted by Crippen LogP contribution is -2.29. The van der Waals surface area contributed by atoms with Gasteiger partial charge in [-0.2, -0.15) is 0 Å². The molecule has 7 heteroatoms. The third-order valence-corrected chi connectivity index (χ3v) is 4.07. The Morgan fingerprint density at radius 1 is 0.963 bits per heavy atom. The second kappa shape index (κ2) is 7.65. The average molecular weight is 358 g/mol. The fourth-order valence-corrected chi connectivity index (χ4v) is 2.72. The molecule has 27 heavy (non-hydrogen) atoms. The molecule has 0 bridgehead atoms. The minimum absolute atomic E-state index is 0.196. The van der Waals surface area contributed by atoms with Crippen LogP contribution in [0.3, 0.4) is 0 Å². The molecule has 0 aliphatic heterocycles. The maximum Gasteiger partial charge on any atom is 0.269 e. The van der Waals surface area contributed by atoms with E-state index in [4.69, 9.17) is 0 Å². The molecule has 7 nitrogen and oxygen atoms in total. The zero-order valence-corrected chi connectivity index (χ0v) is 14.5. The molecule has 4 aromatic rings. The molecule has 3 aromatic heterocycles. The van der Waals surface area contributed by atoms with Crippen molar-refractivity contribution in [3.63, 3.8) is 0 Å². The number of pyridine rings is 1. The summed E-state index contributed by atoms with van der Waals surface area (Å²) in [6.45, 7) is 0.998. The van der Waals surface area contributed by atoms with E-state index in [0.29, 0.717) is 24.6 Å². The molecule has 0 unspecified atom stereocenters. The number of nitrogens with one attached hydrogen (secondary N) is 2. The van der Waals surface area contributed by atoms with Crippen LogP contribution in [0.25, 0.3) is 16.7 Å². The number of anilines is 1. The molecule has 0 saturated carbocycles. The summed E-state index contributed by atoms with van der Waals surface area (Å²) in [6.07, 6.45) is 5.35. The van der Waals surface area contributed by atoms with Crippen LogP contribution >= 0.6 is 0 Å². The molecule has 0 radical (unpaired) electrons. The summed E-state index contributed by atoms with van der Waals surface area (Å²) < 4.78 is 1.90. The topological polar surface area (TPSA) is 84.7 Å². The van der Waals surface area contributed by atoms with E-state index in [0.717, 1.165) is 16.7 Å². The lowest BCUT2D eigenvalue weighted by atomic mass is 10.2. The average Bonchev–Trinajstić information content (AvgIpc) is 3.26. The maximum absolute atomic E-state index is 12.3. The molecule has 0 atom stereocenters. The highest BCUT2D eigenvalue weighted by Crippen LogP contribution is 2.12. The number of rotatable bonds is 6. The summed E-state index contributed by atoms with van der Waals surface area (Å²) in [6, 6.07) is 17.1. The first-order chi connectivity index (χ1) is 13.3. The Hall–Kier alpha value is -3.74. The second-order valence-electron chi connectivity index (χ2n) is 5.92. The minimum atomic E-state index is -0.196. The van der Waals surface area contributed by atoms with Crippen LogP contribution in [-0.2, 0) is 0 Å². The fraction of sp³-hybridized carbons (Fsp3) is 0.100. The molecule has 2 N–H and O–H groups in total. The van der Waals surface area contributed by atoms with E-state index in [1.165, 1.54) is 6.33 Å². The number of nitrogens with zero attached hydrogens (tertiary/aromatic N) is 4. The summed E-state index contributed by atoms with van der Waals surface area (Å²) in [5.41, 5.74) is 1.22. The maximum atomic E-state index is 12.3. The van der Waals surface area contributed by atoms with Crippen LogP contribution in [0.15, 0.2) is 73.3 Å². The number of fused-ring (bicyclic) bond motifs is 1. The fourth-order valence-electron chi connectivity index (χ4n) is 2.72. The van der Waals surface area contributed by atoms with Gasteiger partial charge in [0.2, 0.25) is 0 Å². The monoisotopic (exact) mass is 358 g/mol. The molecule has 0 aliphatic carbocycles. The van der Waals surface area contributed by atoms with Gasteiger partial charge in [-0.15, -0.1) is 0 Å². The number of para-hydroxylation sites is 1. The number of aromatic nitrogens is 4. The third kappa shape index (κ3) is 3.92. The van der Waals surface area contributed by atoms with Gasteiger partial charge in [-0.1, -0.05) is 24.3 Å². The lowest BCUT2D eigenvalue weighted by Gasteiger charge is -2.09. The van der Waals surface area contributed by atoms with Crippen molar-refractivity contribution in [3.8, 4) is 5.82 Å². The smallest absolute Gasteiger partial charge is 0.269 e. The zero-order chi connectivity index (χ0) is 18.5. The van der Waals surface area contributed by atoms with E-state index in [-0.39, 0.29) is 5.91 Å². The second-order valence-corrected chi connectivity index (χ2v) is 5.92. The Morgan fingerprint density at radius 3 is 2.70 bits per heavy atom. The number of benzene rings is 1. The van der Waals surface area contributed by atoms with E-state index >= 15 is 0 Å². The zero-order valence-electron chi connectivity index (χ0n) is 14.5. The molecule has 0 saturated heterocycles. The van der Waals surface area contributed by atoms with Crippen LogP contribution in [-0.4, -0.2) is 38.5 Å². The van der Waals surface area contributed by atoms with E-state index in [2.05, 4.69) is 25.6 Å². The van der Waals surface area contributed by atoms with E-state index in [1.807, 2.05) is 65.5 Å². The highest BCUT2D eigenvalue weighted by atomic mass is 16.1. The quantitative estimate of drug-likeness (QED) is 0.518. The predicted octanol–water partition coefficient (Wildman–Crippen LogP) is 2.66. The molecular weight excluding hydrogens is 340 g/mol. The van der Waals surface area contributed by atoms with Gasteiger partial charge in [-0.25, -0.2) is 15.0 Å². The van der Waals surface area contributed by atoms with E-state index in [9.17, 15) is 4.79 Å². The van der Waals surface area contributed by atoms with Gasteiger partial charge in [0.1, 0.15) is 23.7 Å². The van der Waals surface area contributed by atoms with Crippen LogP contribution in [0.1, 0.15) is 10.5 Å². The van der Waals surface area contributed by atoms with Gasteiger partial charge in [-0.05, 0) is 24.3 Å². The number of carbonyl (C=O) groups is 1. The van der Waals surface area contributed by atoms with Crippen molar-refractivity contribution in [1.29, 1.82) is 0 Å². The Kier molecular flexibility index (Phi) is 4.74. The number of hydrogen-bond donors (Lipinski definition) is 2. The number of carbonyl (C=O) groups excluding carboxylic acids is 1. The molecular formula is C20H18N6O. The first-order valence-electron chi connectivity index (χ1n) is 8.63. The van der Waals surface area contributed by atoms with Gasteiger partial charge >= 0.3 is 0 Å². The first-order valence-corrected chi connectivity index (χ1v) is 8.63. The van der Waals surface area contributed by atoms with Crippen LogP contribution in [0.5, 0.6) is 0 Å². The minimum Gasteiger partial charge on any atom is -0.368 e. The first kappa shape index (κ1) is 16.7. The summed E-state index contributed by atoms with van der Waals surface area (Å²) >= 11 is 0. The molecule has 0 aliphatic rings. The number of amides is 1. The van der Waals surface area contributed by atoms with Gasteiger partial charge in [0.05, 0.1) is 5.52 Å². The number of hydrogen-bond acceptors (Lipinski definition) is 5. The van der Waals surface area contributed by atoms with Gasteiger partial charge in [0, 0.05) is 36.9 Å². The summed E-state index contributed by atoms with van der Waals surface area (Å²) in [5, 5.41) is 7.06. The van der Waals surface area contributed by atoms with Crippen LogP contribution < -0.4 is 10.6 Å². The van der Waals surface area contributed by atoms with Crippen molar-refractivity contribution in [2.24, 2.45) is 0 Å². The van der Waals surface area contributed by atoms with Crippen molar-refractivity contribution < 1.29 is 4.79 Å². The molecule has 3 heterocycles. The molecule has 134 valence electrons. The van der Waals surface area contributed by atoms with Crippen LogP contribution in [0, 0.1) is 0 Å². The molecule has 4 rings (SSSR count). The SMILES string of the molecule is O=C(NCCNc1cc(-n2cccc2)ncn1)c1ccc2ccccc2n1. The normalized spacial score (nSPS) is 10.7. The Balaban J connectivity index is 1.32. The van der Waals surface area contributed by atoms with E-state index in [1.54, 1.807) is 6.07 Å². The lowest BCUT2D eigenvalue weighted by molar-refractivity contribution is 0.0950. The van der Waals surface area contributed by atoms with Crippen molar-refractivity contribution in [3.05, 3.63) is 79.0 Å². The van der Waals surface area contributed by atoms with Crippen LogP contribution in [0.2, 0.25) is 0 Å². The van der Waals surface area contributed by atoms with Gasteiger partial charge < -0.3 is 15.2 Å². The third-order valence-electron chi connectivity index (χ3n) is 4.07. The van der Waals surface area contributed by atoms with Crippen molar-refractivity contribution in [1.82, 2.24) is 24.8 Å². The van der Waals surface area contributed by atoms with Gasteiger partial charge in [0.25, 0.3) is 5.91 Å². The van der Waals surface area contributed by atoms with Crippen molar-refractivity contribution >= 4 is 22.6 Å². The molecule has 0 spiro atoms. The molecule has 0 fully saturated rings. The molecule has 1 amide bonds. The highest BCUT2D eigenvalue weighted by Gasteiger charge is 2.07. The molecule has 1 aromatic carbocycles. The summed E-state index contributed by atoms with van der Waals surface area (Å²) in [5.74, 6) is 1.28. The van der Waals surface area contributed by atoms with Gasteiger partial charge in [0.15, 0.2) is 0 Å². The largest absolute Gasteiger partial charge is 0.368 e. The summed E-state index contributed by atoms with van der Waals surface area (Å²) in [4.78, 5) is 25.1. The van der Waals surface area contributed by atoms with Crippen molar-refractivity contribution in [2.75, 3.05) is 18.4 Å². The summed E-state index contributed by atoms with van der Waals surface area (Å²) in [7, 11) is 0. The standard InChI is InChI=1S/C20H18N6O/c27-20(17-8-7-15-5-1-2-6-16(15)25-17)22-10-9-21-18-13-19(24-14-23-18)26-11-3-4-12-26/h1-8,11-14H,9-10H2,(H,22,27)(H,21,23,24). The Labute approximate surface area is 156 Å².